The topological polar surface area (TPSA) is 0 Å². The van der Waals surface area contributed by atoms with Gasteiger partial charge in [0.2, 0.25) is 0 Å². The van der Waals surface area contributed by atoms with Crippen molar-refractivity contribution in [2.24, 2.45) is 17.8 Å². The van der Waals surface area contributed by atoms with Crippen LogP contribution in [0.4, 0.5) is 0 Å². The summed E-state index contributed by atoms with van der Waals surface area (Å²) >= 11 is 3.95. The highest BCUT2D eigenvalue weighted by Gasteiger charge is 2.55. The fourth-order valence-corrected chi connectivity index (χ4v) is 4.85. The van der Waals surface area contributed by atoms with Crippen LogP contribution < -0.4 is 0 Å². The van der Waals surface area contributed by atoms with E-state index in [1.165, 1.54) is 36.0 Å². The molecule has 86 valence electrons. The van der Waals surface area contributed by atoms with Gasteiger partial charge in [0.05, 0.1) is 0 Å². The summed E-state index contributed by atoms with van der Waals surface area (Å²) in [7, 11) is 0. The van der Waals surface area contributed by atoms with E-state index in [4.69, 9.17) is 0 Å². The molecule has 3 atom stereocenters. The highest BCUT2D eigenvalue weighted by molar-refractivity contribution is 9.09. The molecule has 2 aliphatic carbocycles. The lowest BCUT2D eigenvalue weighted by atomic mass is 9.97. The SMILES string of the molecule is Cc1ccc(C)c(C(Br)C2C3CCCC32)c1. The minimum atomic E-state index is 0.600. The molecular formula is C15H19Br. The fraction of sp³-hybridized carbons (Fsp3) is 0.600. The summed E-state index contributed by atoms with van der Waals surface area (Å²) in [5.74, 6) is 2.99. The summed E-state index contributed by atoms with van der Waals surface area (Å²) in [6.07, 6.45) is 4.42. The number of fused-ring (bicyclic) bond motifs is 1. The monoisotopic (exact) mass is 278 g/mol. The fourth-order valence-electron chi connectivity index (χ4n) is 3.58. The van der Waals surface area contributed by atoms with E-state index in [0.29, 0.717) is 4.83 Å². The van der Waals surface area contributed by atoms with E-state index >= 15 is 0 Å². The van der Waals surface area contributed by atoms with Crippen molar-refractivity contribution in [3.8, 4) is 0 Å². The van der Waals surface area contributed by atoms with E-state index in [9.17, 15) is 0 Å². The molecule has 0 saturated heterocycles. The third kappa shape index (κ3) is 1.64. The second-order valence-corrected chi connectivity index (χ2v) is 6.58. The maximum absolute atomic E-state index is 3.95. The van der Waals surface area contributed by atoms with Crippen LogP contribution in [0.15, 0.2) is 18.2 Å². The minimum absolute atomic E-state index is 0.600. The summed E-state index contributed by atoms with van der Waals surface area (Å²) in [6.45, 7) is 4.43. The normalized spacial score (nSPS) is 33.6. The molecule has 2 saturated carbocycles. The first-order valence-corrected chi connectivity index (χ1v) is 7.31. The van der Waals surface area contributed by atoms with Crippen LogP contribution in [-0.4, -0.2) is 0 Å². The number of aryl methyl sites for hydroxylation is 2. The predicted octanol–water partition coefficient (Wildman–Crippen LogP) is 4.79. The predicted molar refractivity (Wildman–Crippen MR) is 71.9 cm³/mol. The largest absolute Gasteiger partial charge is 0.0835 e. The molecule has 0 radical (unpaired) electrons. The molecular weight excluding hydrogens is 260 g/mol. The maximum Gasteiger partial charge on any atom is 0.0431 e. The Morgan fingerprint density at radius 2 is 1.88 bits per heavy atom. The Morgan fingerprint density at radius 1 is 1.19 bits per heavy atom. The van der Waals surface area contributed by atoms with E-state index < -0.39 is 0 Å². The van der Waals surface area contributed by atoms with Gasteiger partial charge in [0, 0.05) is 4.83 Å². The van der Waals surface area contributed by atoms with Crippen molar-refractivity contribution < 1.29 is 0 Å². The number of rotatable bonds is 2. The molecule has 0 amide bonds. The van der Waals surface area contributed by atoms with Crippen LogP contribution >= 0.6 is 15.9 Å². The molecule has 0 aliphatic heterocycles. The number of benzene rings is 1. The molecule has 3 rings (SSSR count). The minimum Gasteiger partial charge on any atom is -0.0835 e. The van der Waals surface area contributed by atoms with Crippen molar-refractivity contribution in [3.63, 3.8) is 0 Å². The van der Waals surface area contributed by atoms with Crippen LogP contribution in [0.5, 0.6) is 0 Å². The van der Waals surface area contributed by atoms with Gasteiger partial charge in [-0.2, -0.15) is 0 Å². The van der Waals surface area contributed by atoms with Gasteiger partial charge in [-0.1, -0.05) is 46.1 Å². The molecule has 1 aromatic rings. The molecule has 0 N–H and O–H groups in total. The van der Waals surface area contributed by atoms with E-state index in [1.807, 2.05) is 0 Å². The summed E-state index contributed by atoms with van der Waals surface area (Å²) in [6, 6.07) is 6.84. The maximum atomic E-state index is 3.95. The van der Waals surface area contributed by atoms with Gasteiger partial charge in [-0.3, -0.25) is 0 Å². The Balaban J connectivity index is 1.84. The molecule has 0 bridgehead atoms. The number of halogens is 1. The smallest absolute Gasteiger partial charge is 0.0431 e. The zero-order valence-corrected chi connectivity index (χ0v) is 11.6. The zero-order chi connectivity index (χ0) is 11.3. The van der Waals surface area contributed by atoms with Crippen molar-refractivity contribution in [1.29, 1.82) is 0 Å². The van der Waals surface area contributed by atoms with Crippen molar-refractivity contribution in [2.45, 2.75) is 37.9 Å². The third-order valence-electron chi connectivity index (χ3n) is 4.54. The molecule has 0 heterocycles. The van der Waals surface area contributed by atoms with Crippen molar-refractivity contribution in [1.82, 2.24) is 0 Å². The quantitative estimate of drug-likeness (QED) is 0.683. The van der Waals surface area contributed by atoms with E-state index in [-0.39, 0.29) is 0 Å². The van der Waals surface area contributed by atoms with Crippen molar-refractivity contribution >= 4 is 15.9 Å². The zero-order valence-electron chi connectivity index (χ0n) is 10.0. The highest BCUT2D eigenvalue weighted by Crippen LogP contribution is 2.64. The third-order valence-corrected chi connectivity index (χ3v) is 5.65. The number of hydrogen-bond donors (Lipinski definition) is 0. The molecule has 1 aromatic carbocycles. The Morgan fingerprint density at radius 3 is 2.56 bits per heavy atom. The lowest BCUT2D eigenvalue weighted by Crippen LogP contribution is -2.00. The first kappa shape index (κ1) is 10.8. The Bertz CT molecular complexity index is 400. The molecule has 0 spiro atoms. The first-order chi connectivity index (χ1) is 7.68. The van der Waals surface area contributed by atoms with Crippen LogP contribution in [-0.2, 0) is 0 Å². The Kier molecular flexibility index (Phi) is 2.62. The Labute approximate surface area is 107 Å². The van der Waals surface area contributed by atoms with Crippen LogP contribution in [0.1, 0.15) is 40.8 Å². The number of hydrogen-bond acceptors (Lipinski definition) is 0. The summed E-state index contributed by atoms with van der Waals surface area (Å²) in [4.78, 5) is 0.600. The van der Waals surface area contributed by atoms with Gasteiger partial charge < -0.3 is 0 Å². The molecule has 1 heteroatoms. The molecule has 0 aromatic heterocycles. The van der Waals surface area contributed by atoms with Crippen molar-refractivity contribution in [3.05, 3.63) is 34.9 Å². The van der Waals surface area contributed by atoms with Crippen LogP contribution in [0, 0.1) is 31.6 Å². The molecule has 0 nitrogen and oxygen atoms in total. The number of alkyl halides is 1. The van der Waals surface area contributed by atoms with Crippen LogP contribution in [0.3, 0.4) is 0 Å². The van der Waals surface area contributed by atoms with E-state index in [2.05, 4.69) is 48.0 Å². The Hall–Kier alpha value is -0.300. The van der Waals surface area contributed by atoms with E-state index in [0.717, 1.165) is 17.8 Å². The van der Waals surface area contributed by atoms with Gasteiger partial charge in [-0.05, 0) is 55.6 Å². The lowest BCUT2D eigenvalue weighted by Gasteiger charge is -2.15. The van der Waals surface area contributed by atoms with Crippen molar-refractivity contribution in [2.75, 3.05) is 0 Å². The van der Waals surface area contributed by atoms with Gasteiger partial charge in [-0.15, -0.1) is 0 Å². The second kappa shape index (κ2) is 3.87. The first-order valence-electron chi connectivity index (χ1n) is 6.39. The van der Waals surface area contributed by atoms with Gasteiger partial charge in [0.15, 0.2) is 0 Å². The summed E-state index contributed by atoms with van der Waals surface area (Å²) in [5.41, 5.74) is 4.35. The van der Waals surface area contributed by atoms with E-state index in [1.54, 1.807) is 0 Å². The van der Waals surface area contributed by atoms with Gasteiger partial charge in [0.25, 0.3) is 0 Å². The summed E-state index contributed by atoms with van der Waals surface area (Å²) in [5, 5.41) is 0. The highest BCUT2D eigenvalue weighted by atomic mass is 79.9. The van der Waals surface area contributed by atoms with Gasteiger partial charge >= 0.3 is 0 Å². The van der Waals surface area contributed by atoms with Crippen LogP contribution in [0.25, 0.3) is 0 Å². The molecule has 16 heavy (non-hydrogen) atoms. The van der Waals surface area contributed by atoms with Crippen LogP contribution in [0.2, 0.25) is 0 Å². The summed E-state index contributed by atoms with van der Waals surface area (Å²) < 4.78 is 0. The van der Waals surface area contributed by atoms with Gasteiger partial charge in [0.1, 0.15) is 0 Å². The second-order valence-electron chi connectivity index (χ2n) is 5.60. The lowest BCUT2D eigenvalue weighted by molar-refractivity contribution is 0.582. The van der Waals surface area contributed by atoms with Gasteiger partial charge in [-0.25, -0.2) is 0 Å². The standard InChI is InChI=1S/C15H19Br/c1-9-6-7-10(2)13(8-9)15(16)14-11-4-3-5-12(11)14/h6-8,11-12,14-15H,3-5H2,1-2H3. The average Bonchev–Trinajstić information content (AvgIpc) is 2.74. The molecule has 2 fully saturated rings. The molecule has 2 aliphatic rings. The average molecular weight is 279 g/mol. The molecule has 3 unspecified atom stereocenters.